The maximum absolute atomic E-state index is 12.6. The quantitative estimate of drug-likeness (QED) is 0.488. The van der Waals surface area contributed by atoms with Crippen molar-refractivity contribution in [2.24, 2.45) is 0 Å². The molecule has 0 spiro atoms. The normalized spacial score (nSPS) is 10.3. The van der Waals surface area contributed by atoms with Crippen molar-refractivity contribution >= 4 is 34.6 Å². The van der Waals surface area contributed by atoms with Crippen LogP contribution in [0.25, 0.3) is 0 Å². The van der Waals surface area contributed by atoms with Gasteiger partial charge in [0.2, 0.25) is 5.91 Å². The largest absolute Gasteiger partial charge is 0.495 e. The number of anilines is 3. The van der Waals surface area contributed by atoms with Gasteiger partial charge in [-0.25, -0.2) is 0 Å². The Bertz CT molecular complexity index is 1030. The monoisotopic (exact) mass is 439 g/mol. The molecule has 0 aliphatic heterocycles. The maximum atomic E-state index is 12.6. The van der Waals surface area contributed by atoms with Crippen molar-refractivity contribution < 1.29 is 14.3 Å². The summed E-state index contributed by atoms with van der Waals surface area (Å²) in [6.07, 6.45) is 0. The zero-order chi connectivity index (χ0) is 22.2. The number of methoxy groups -OCH3 is 2. The Labute approximate surface area is 187 Å². The highest BCUT2D eigenvalue weighted by Crippen LogP contribution is 2.35. The second-order valence-corrected chi connectivity index (χ2v) is 7.35. The zero-order valence-corrected chi connectivity index (χ0v) is 18.6. The van der Waals surface area contributed by atoms with Crippen LogP contribution in [0, 0.1) is 0 Å². The van der Waals surface area contributed by atoms with Gasteiger partial charge in [-0.05, 0) is 17.7 Å². The Kier molecular flexibility index (Phi) is 7.62. The lowest BCUT2D eigenvalue weighted by Gasteiger charge is -2.23. The zero-order valence-electron chi connectivity index (χ0n) is 17.8. The lowest BCUT2D eigenvalue weighted by atomic mass is 10.2. The van der Waals surface area contributed by atoms with Gasteiger partial charge in [-0.1, -0.05) is 54.1 Å². The molecule has 0 heterocycles. The molecule has 0 bridgehead atoms. The van der Waals surface area contributed by atoms with Crippen molar-refractivity contribution in [1.82, 2.24) is 0 Å². The molecule has 0 radical (unpaired) electrons. The minimum atomic E-state index is -0.219. The van der Waals surface area contributed by atoms with Gasteiger partial charge in [-0.3, -0.25) is 4.79 Å². The Morgan fingerprint density at radius 1 is 0.935 bits per heavy atom. The summed E-state index contributed by atoms with van der Waals surface area (Å²) in [5.41, 5.74) is 3.58. The van der Waals surface area contributed by atoms with Crippen molar-refractivity contribution in [2.45, 2.75) is 6.54 Å². The fourth-order valence-electron chi connectivity index (χ4n) is 3.23. The number of para-hydroxylation sites is 2. The van der Waals surface area contributed by atoms with Crippen LogP contribution in [0.3, 0.4) is 0 Å². The molecule has 31 heavy (non-hydrogen) atoms. The van der Waals surface area contributed by atoms with Crippen molar-refractivity contribution in [2.75, 3.05) is 43.3 Å². The number of nitrogens with zero attached hydrogens (tertiary/aromatic N) is 1. The molecule has 162 valence electrons. The number of hydrogen-bond acceptors (Lipinski definition) is 5. The summed E-state index contributed by atoms with van der Waals surface area (Å²) in [4.78, 5) is 14.7. The standard InChI is InChI=1S/C24H26ClN3O3/c1-28(16-17-9-5-4-6-10-17)21-12-8-7-11-19(21)26-15-24(29)27-20-14-22(30-2)18(25)13-23(20)31-3/h4-14,26H,15-16H2,1-3H3,(H,27,29). The lowest BCUT2D eigenvalue weighted by molar-refractivity contribution is -0.114. The summed E-state index contributed by atoms with van der Waals surface area (Å²) >= 11 is 6.13. The number of nitrogens with one attached hydrogen (secondary N) is 2. The van der Waals surface area contributed by atoms with Crippen molar-refractivity contribution in [3.05, 3.63) is 77.3 Å². The molecule has 1 amide bonds. The van der Waals surface area contributed by atoms with Gasteiger partial charge in [0, 0.05) is 25.7 Å². The first-order valence-corrected chi connectivity index (χ1v) is 10.2. The van der Waals surface area contributed by atoms with Crippen LogP contribution in [0.15, 0.2) is 66.7 Å². The summed E-state index contributed by atoms with van der Waals surface area (Å²) < 4.78 is 10.5. The number of halogens is 1. The lowest BCUT2D eigenvalue weighted by Crippen LogP contribution is -2.24. The topological polar surface area (TPSA) is 62.8 Å². The highest BCUT2D eigenvalue weighted by Gasteiger charge is 2.14. The van der Waals surface area contributed by atoms with E-state index in [4.69, 9.17) is 21.1 Å². The molecule has 3 aromatic carbocycles. The number of carbonyl (C=O) groups is 1. The average molecular weight is 440 g/mol. The van der Waals surface area contributed by atoms with E-state index in [2.05, 4.69) is 27.7 Å². The van der Waals surface area contributed by atoms with Crippen molar-refractivity contribution in [1.29, 1.82) is 0 Å². The average Bonchev–Trinajstić information content (AvgIpc) is 2.79. The van der Waals surface area contributed by atoms with Crippen LogP contribution < -0.4 is 25.0 Å². The van der Waals surface area contributed by atoms with Gasteiger partial charge in [0.05, 0.1) is 42.8 Å². The molecule has 0 saturated carbocycles. The van der Waals surface area contributed by atoms with Crippen LogP contribution in [0.1, 0.15) is 5.56 Å². The van der Waals surface area contributed by atoms with E-state index in [1.807, 2.05) is 49.5 Å². The van der Waals surface area contributed by atoms with E-state index in [0.29, 0.717) is 22.2 Å². The van der Waals surface area contributed by atoms with E-state index < -0.39 is 0 Å². The molecule has 2 N–H and O–H groups in total. The molecule has 6 nitrogen and oxygen atoms in total. The third kappa shape index (κ3) is 5.83. The molecule has 0 fully saturated rings. The van der Waals surface area contributed by atoms with Gasteiger partial charge >= 0.3 is 0 Å². The molecule has 3 rings (SSSR count). The number of benzene rings is 3. The minimum absolute atomic E-state index is 0.0876. The van der Waals surface area contributed by atoms with Gasteiger partial charge in [0.25, 0.3) is 0 Å². The first kappa shape index (κ1) is 22.3. The summed E-state index contributed by atoms with van der Waals surface area (Å²) in [7, 11) is 5.06. The van der Waals surface area contributed by atoms with Crippen LogP contribution in [-0.4, -0.2) is 33.7 Å². The number of amides is 1. The molecule has 0 saturated heterocycles. The fraction of sp³-hybridized carbons (Fsp3) is 0.208. The van der Waals surface area contributed by atoms with Crippen LogP contribution in [-0.2, 0) is 11.3 Å². The van der Waals surface area contributed by atoms with E-state index in [1.54, 1.807) is 12.1 Å². The predicted octanol–water partition coefficient (Wildman–Crippen LogP) is 5.04. The van der Waals surface area contributed by atoms with Crippen molar-refractivity contribution in [3.8, 4) is 11.5 Å². The Hall–Kier alpha value is -3.38. The molecule has 7 heteroatoms. The van der Waals surface area contributed by atoms with E-state index in [1.165, 1.54) is 19.8 Å². The first-order chi connectivity index (χ1) is 15.0. The van der Waals surface area contributed by atoms with Crippen LogP contribution in [0.5, 0.6) is 11.5 Å². The van der Waals surface area contributed by atoms with Gasteiger partial charge in [-0.15, -0.1) is 0 Å². The van der Waals surface area contributed by atoms with Gasteiger partial charge in [-0.2, -0.15) is 0 Å². The van der Waals surface area contributed by atoms with E-state index in [-0.39, 0.29) is 12.5 Å². The minimum Gasteiger partial charge on any atom is -0.495 e. The molecule has 0 unspecified atom stereocenters. The number of carbonyl (C=O) groups excluding carboxylic acids is 1. The molecule has 0 aliphatic rings. The molecular weight excluding hydrogens is 414 g/mol. The van der Waals surface area contributed by atoms with Gasteiger partial charge in [0.15, 0.2) is 0 Å². The second kappa shape index (κ2) is 10.6. The third-order valence-corrected chi connectivity index (χ3v) is 5.06. The summed E-state index contributed by atoms with van der Waals surface area (Å²) in [5, 5.41) is 6.48. The van der Waals surface area contributed by atoms with E-state index >= 15 is 0 Å². The van der Waals surface area contributed by atoms with Crippen molar-refractivity contribution in [3.63, 3.8) is 0 Å². The summed E-state index contributed by atoms with van der Waals surface area (Å²) in [6, 6.07) is 21.4. The Morgan fingerprint density at radius 3 is 2.32 bits per heavy atom. The van der Waals surface area contributed by atoms with Crippen LogP contribution in [0.4, 0.5) is 17.1 Å². The third-order valence-electron chi connectivity index (χ3n) is 4.77. The molecule has 3 aromatic rings. The highest BCUT2D eigenvalue weighted by atomic mass is 35.5. The molecule has 0 aromatic heterocycles. The van der Waals surface area contributed by atoms with E-state index in [9.17, 15) is 4.79 Å². The number of rotatable bonds is 9. The predicted molar refractivity (Wildman–Crippen MR) is 127 cm³/mol. The van der Waals surface area contributed by atoms with Crippen LogP contribution in [0.2, 0.25) is 5.02 Å². The Balaban J connectivity index is 1.67. The van der Waals surface area contributed by atoms with E-state index in [0.717, 1.165) is 17.9 Å². The molecule has 0 atom stereocenters. The summed E-state index contributed by atoms with van der Waals surface area (Å²) in [5.74, 6) is 0.698. The number of ether oxygens (including phenoxy) is 2. The summed E-state index contributed by atoms with van der Waals surface area (Å²) in [6.45, 7) is 0.845. The second-order valence-electron chi connectivity index (χ2n) is 6.95. The Morgan fingerprint density at radius 2 is 1.61 bits per heavy atom. The molecular formula is C24H26ClN3O3. The van der Waals surface area contributed by atoms with Gasteiger partial charge < -0.3 is 25.0 Å². The highest BCUT2D eigenvalue weighted by molar-refractivity contribution is 6.32. The number of hydrogen-bond donors (Lipinski definition) is 2. The molecule has 0 aliphatic carbocycles. The first-order valence-electron chi connectivity index (χ1n) is 9.81. The van der Waals surface area contributed by atoms with Crippen LogP contribution >= 0.6 is 11.6 Å². The maximum Gasteiger partial charge on any atom is 0.243 e. The smallest absolute Gasteiger partial charge is 0.243 e. The SMILES string of the molecule is COc1cc(NC(=O)CNc2ccccc2N(C)Cc2ccccc2)c(OC)cc1Cl. The fourth-order valence-corrected chi connectivity index (χ4v) is 3.46. The van der Waals surface area contributed by atoms with Gasteiger partial charge in [0.1, 0.15) is 11.5 Å².